The van der Waals surface area contributed by atoms with Crippen LogP contribution >= 0.6 is 0 Å². The van der Waals surface area contributed by atoms with E-state index in [1.165, 1.54) is 23.4 Å². The SMILES string of the molecule is CCc1nn(C2CCCOC2)c(CC)c1C(C)NC. The summed E-state index contributed by atoms with van der Waals surface area (Å²) in [6, 6.07) is 0.787. The van der Waals surface area contributed by atoms with Crippen molar-refractivity contribution in [3.8, 4) is 0 Å². The molecule has 0 bridgehead atoms. The summed E-state index contributed by atoms with van der Waals surface area (Å²) in [4.78, 5) is 0. The molecule has 2 unspecified atom stereocenters. The van der Waals surface area contributed by atoms with Crippen LogP contribution in [0.5, 0.6) is 0 Å². The molecule has 0 saturated carbocycles. The van der Waals surface area contributed by atoms with Crippen molar-refractivity contribution in [1.29, 1.82) is 0 Å². The number of aryl methyl sites for hydroxylation is 1. The quantitative estimate of drug-likeness (QED) is 0.889. The minimum absolute atomic E-state index is 0.364. The van der Waals surface area contributed by atoms with Gasteiger partial charge < -0.3 is 10.1 Å². The maximum atomic E-state index is 5.63. The normalized spacial score (nSPS) is 21.6. The lowest BCUT2D eigenvalue weighted by molar-refractivity contribution is 0.0538. The second-order valence-corrected chi connectivity index (χ2v) is 5.34. The van der Waals surface area contributed by atoms with E-state index in [-0.39, 0.29) is 0 Å². The van der Waals surface area contributed by atoms with Gasteiger partial charge in [-0.15, -0.1) is 0 Å². The molecule has 1 saturated heterocycles. The van der Waals surface area contributed by atoms with Crippen molar-refractivity contribution in [3.05, 3.63) is 17.0 Å². The van der Waals surface area contributed by atoms with Gasteiger partial charge in [-0.3, -0.25) is 4.68 Å². The predicted molar refractivity (Wildman–Crippen MR) is 77.5 cm³/mol. The van der Waals surface area contributed by atoms with Crippen molar-refractivity contribution >= 4 is 0 Å². The van der Waals surface area contributed by atoms with E-state index in [1.807, 2.05) is 7.05 Å². The Kier molecular flexibility index (Phi) is 4.99. The largest absolute Gasteiger partial charge is 0.379 e. The van der Waals surface area contributed by atoms with E-state index in [1.54, 1.807) is 0 Å². The molecule has 4 heteroatoms. The summed E-state index contributed by atoms with van der Waals surface area (Å²) in [5, 5.41) is 8.25. The van der Waals surface area contributed by atoms with Gasteiger partial charge in [0.05, 0.1) is 18.3 Å². The molecule has 0 radical (unpaired) electrons. The third-order valence-corrected chi connectivity index (χ3v) is 4.14. The Labute approximate surface area is 116 Å². The average molecular weight is 265 g/mol. The average Bonchev–Trinajstić information content (AvgIpc) is 2.85. The fourth-order valence-electron chi connectivity index (χ4n) is 3.01. The van der Waals surface area contributed by atoms with E-state index in [0.29, 0.717) is 12.1 Å². The molecular weight excluding hydrogens is 238 g/mol. The highest BCUT2D eigenvalue weighted by Crippen LogP contribution is 2.28. The topological polar surface area (TPSA) is 39.1 Å². The Bertz CT molecular complexity index is 408. The van der Waals surface area contributed by atoms with Crippen LogP contribution in [0.3, 0.4) is 0 Å². The Morgan fingerprint density at radius 2 is 2.21 bits per heavy atom. The number of nitrogens with zero attached hydrogens (tertiary/aromatic N) is 2. The summed E-state index contributed by atoms with van der Waals surface area (Å²) in [6.07, 6.45) is 4.36. The van der Waals surface area contributed by atoms with E-state index in [9.17, 15) is 0 Å². The Morgan fingerprint density at radius 1 is 1.42 bits per heavy atom. The van der Waals surface area contributed by atoms with Crippen molar-refractivity contribution in [2.45, 2.75) is 58.5 Å². The van der Waals surface area contributed by atoms with Gasteiger partial charge in [-0.2, -0.15) is 5.10 Å². The van der Waals surface area contributed by atoms with Crippen LogP contribution in [-0.4, -0.2) is 30.0 Å². The first-order valence-corrected chi connectivity index (χ1v) is 7.58. The van der Waals surface area contributed by atoms with E-state index in [4.69, 9.17) is 9.84 Å². The lowest BCUT2D eigenvalue weighted by Crippen LogP contribution is -2.24. The molecule has 0 spiro atoms. The highest BCUT2D eigenvalue weighted by Gasteiger charge is 2.25. The zero-order valence-electron chi connectivity index (χ0n) is 12.7. The first-order valence-electron chi connectivity index (χ1n) is 7.58. The molecule has 0 aromatic carbocycles. The van der Waals surface area contributed by atoms with Crippen molar-refractivity contribution in [1.82, 2.24) is 15.1 Å². The fraction of sp³-hybridized carbons (Fsp3) is 0.800. The van der Waals surface area contributed by atoms with Crippen LogP contribution in [0.25, 0.3) is 0 Å². The van der Waals surface area contributed by atoms with Crippen LogP contribution in [0.4, 0.5) is 0 Å². The Morgan fingerprint density at radius 3 is 2.74 bits per heavy atom. The van der Waals surface area contributed by atoms with E-state index < -0.39 is 0 Å². The number of hydrogen-bond acceptors (Lipinski definition) is 3. The lowest BCUT2D eigenvalue weighted by Gasteiger charge is -2.24. The van der Waals surface area contributed by atoms with Crippen LogP contribution in [-0.2, 0) is 17.6 Å². The van der Waals surface area contributed by atoms with Gasteiger partial charge in [-0.25, -0.2) is 0 Å². The van der Waals surface area contributed by atoms with Gasteiger partial charge in [0, 0.05) is 23.9 Å². The van der Waals surface area contributed by atoms with Gasteiger partial charge in [-0.05, 0) is 39.7 Å². The molecule has 108 valence electrons. The predicted octanol–water partition coefficient (Wildman–Crippen LogP) is 2.64. The van der Waals surface area contributed by atoms with Gasteiger partial charge in [0.2, 0.25) is 0 Å². The highest BCUT2D eigenvalue weighted by atomic mass is 16.5. The molecule has 0 aliphatic carbocycles. The first kappa shape index (κ1) is 14.5. The second kappa shape index (κ2) is 6.53. The molecule has 1 N–H and O–H groups in total. The molecular formula is C15H27N3O. The molecule has 0 amide bonds. The van der Waals surface area contributed by atoms with Crippen LogP contribution in [0.1, 0.15) is 62.6 Å². The fourth-order valence-corrected chi connectivity index (χ4v) is 3.01. The number of rotatable bonds is 5. The standard InChI is InChI=1S/C15H27N3O/c1-5-13-15(11(3)16-4)14(6-2)18(17-13)12-8-7-9-19-10-12/h11-12,16H,5-10H2,1-4H3. The summed E-state index contributed by atoms with van der Waals surface area (Å²) in [6.45, 7) is 8.35. The Hall–Kier alpha value is -0.870. The lowest BCUT2D eigenvalue weighted by atomic mass is 10.0. The maximum absolute atomic E-state index is 5.63. The molecule has 2 rings (SSSR count). The van der Waals surface area contributed by atoms with Crippen molar-refractivity contribution < 1.29 is 4.74 Å². The smallest absolute Gasteiger partial charge is 0.0756 e. The second-order valence-electron chi connectivity index (χ2n) is 5.34. The third-order valence-electron chi connectivity index (χ3n) is 4.14. The zero-order valence-corrected chi connectivity index (χ0v) is 12.7. The summed E-state index contributed by atoms with van der Waals surface area (Å²) in [7, 11) is 2.02. The van der Waals surface area contributed by atoms with Crippen LogP contribution in [0, 0.1) is 0 Å². The minimum Gasteiger partial charge on any atom is -0.379 e. The van der Waals surface area contributed by atoms with Crippen LogP contribution in [0.15, 0.2) is 0 Å². The summed E-state index contributed by atoms with van der Waals surface area (Å²) < 4.78 is 7.88. The van der Waals surface area contributed by atoms with Crippen LogP contribution in [0.2, 0.25) is 0 Å². The number of nitrogens with one attached hydrogen (secondary N) is 1. The molecule has 1 aromatic rings. The number of ether oxygens (including phenoxy) is 1. The van der Waals surface area contributed by atoms with E-state index in [0.717, 1.165) is 32.5 Å². The molecule has 2 atom stereocenters. The maximum Gasteiger partial charge on any atom is 0.0756 e. The van der Waals surface area contributed by atoms with Crippen LogP contribution < -0.4 is 5.32 Å². The zero-order chi connectivity index (χ0) is 13.8. The molecule has 19 heavy (non-hydrogen) atoms. The van der Waals surface area contributed by atoms with E-state index in [2.05, 4.69) is 30.8 Å². The molecule has 1 aromatic heterocycles. The highest BCUT2D eigenvalue weighted by molar-refractivity contribution is 5.30. The van der Waals surface area contributed by atoms with Gasteiger partial charge >= 0.3 is 0 Å². The molecule has 4 nitrogen and oxygen atoms in total. The summed E-state index contributed by atoms with van der Waals surface area (Å²) in [5.41, 5.74) is 4.02. The van der Waals surface area contributed by atoms with Crippen molar-refractivity contribution in [2.24, 2.45) is 0 Å². The molecule has 1 aliphatic heterocycles. The van der Waals surface area contributed by atoms with E-state index >= 15 is 0 Å². The van der Waals surface area contributed by atoms with Gasteiger partial charge in [0.15, 0.2) is 0 Å². The van der Waals surface area contributed by atoms with Crippen molar-refractivity contribution in [3.63, 3.8) is 0 Å². The number of aromatic nitrogens is 2. The first-order chi connectivity index (χ1) is 9.22. The Balaban J connectivity index is 2.39. The summed E-state index contributed by atoms with van der Waals surface area (Å²) >= 11 is 0. The van der Waals surface area contributed by atoms with Gasteiger partial charge in [-0.1, -0.05) is 13.8 Å². The monoisotopic (exact) mass is 265 g/mol. The summed E-state index contributed by atoms with van der Waals surface area (Å²) in [5.74, 6) is 0. The molecule has 1 aliphatic rings. The van der Waals surface area contributed by atoms with Gasteiger partial charge in [0.25, 0.3) is 0 Å². The third kappa shape index (κ3) is 2.84. The molecule has 1 fully saturated rings. The minimum atomic E-state index is 0.364. The van der Waals surface area contributed by atoms with Gasteiger partial charge in [0.1, 0.15) is 0 Å². The van der Waals surface area contributed by atoms with Crippen molar-refractivity contribution in [2.75, 3.05) is 20.3 Å². The molecule has 2 heterocycles. The number of hydrogen-bond donors (Lipinski definition) is 1.